The molecule has 29 heavy (non-hydrogen) atoms. The van der Waals surface area contributed by atoms with Gasteiger partial charge in [0.15, 0.2) is 5.82 Å². The lowest BCUT2D eigenvalue weighted by Crippen LogP contribution is -2.02. The van der Waals surface area contributed by atoms with Gasteiger partial charge in [-0.3, -0.25) is 0 Å². The normalized spacial score (nSPS) is 10.9. The number of para-hydroxylation sites is 1. The Morgan fingerprint density at radius 2 is 1.34 bits per heavy atom. The molecule has 0 saturated carbocycles. The Morgan fingerprint density at radius 3 is 2.07 bits per heavy atom. The van der Waals surface area contributed by atoms with E-state index in [0.717, 1.165) is 28.2 Å². The van der Waals surface area contributed by atoms with Crippen LogP contribution >= 0.6 is 0 Å². The third-order valence-electron chi connectivity index (χ3n) is 4.81. The Hall–Kier alpha value is -4.06. The summed E-state index contributed by atoms with van der Waals surface area (Å²) < 4.78 is 3.68. The van der Waals surface area contributed by atoms with Gasteiger partial charge in [-0.05, 0) is 41.6 Å². The summed E-state index contributed by atoms with van der Waals surface area (Å²) in [5, 5.41) is 17.2. The molecule has 6 nitrogen and oxygen atoms in total. The van der Waals surface area contributed by atoms with Crippen molar-refractivity contribution in [1.82, 2.24) is 30.0 Å². The zero-order valence-electron chi connectivity index (χ0n) is 15.8. The van der Waals surface area contributed by atoms with E-state index in [2.05, 4.69) is 39.7 Å². The molecule has 0 aliphatic carbocycles. The zero-order valence-corrected chi connectivity index (χ0v) is 15.8. The topological polar surface area (TPSA) is 61.4 Å². The molecule has 0 spiro atoms. The molecule has 0 N–H and O–H groups in total. The highest BCUT2D eigenvalue weighted by atomic mass is 15.5. The molecule has 0 saturated heterocycles. The van der Waals surface area contributed by atoms with Crippen LogP contribution in [0, 0.1) is 6.92 Å². The highest BCUT2D eigenvalue weighted by Crippen LogP contribution is 2.33. The average molecular weight is 378 g/mol. The minimum atomic E-state index is 0.648. The fraction of sp³-hybridized carbons (Fsp3) is 0.0435. The first kappa shape index (κ1) is 17.1. The number of aryl methyl sites for hydroxylation is 1. The van der Waals surface area contributed by atoms with Crippen molar-refractivity contribution in [2.45, 2.75) is 6.92 Å². The maximum atomic E-state index is 4.68. The van der Waals surface area contributed by atoms with Crippen LogP contribution in [0.4, 0.5) is 0 Å². The largest absolute Gasteiger partial charge is 0.232 e. The standard InChI is InChI=1S/C23H18N6/c1-17-12-14-20(15-13-17)29-23(25-26-27-29)21-16-24-28(19-10-6-3-7-11-19)22(21)18-8-4-2-5-9-18/h2-16H,1H3. The van der Waals surface area contributed by atoms with Crippen LogP contribution in [0.25, 0.3) is 34.0 Å². The predicted molar refractivity (Wildman–Crippen MR) is 112 cm³/mol. The molecule has 6 heteroatoms. The van der Waals surface area contributed by atoms with Gasteiger partial charge in [-0.25, -0.2) is 4.68 Å². The number of rotatable bonds is 4. The zero-order chi connectivity index (χ0) is 19.6. The van der Waals surface area contributed by atoms with Crippen LogP contribution in [-0.2, 0) is 0 Å². The van der Waals surface area contributed by atoms with E-state index < -0.39 is 0 Å². The van der Waals surface area contributed by atoms with Crippen molar-refractivity contribution in [1.29, 1.82) is 0 Å². The highest BCUT2D eigenvalue weighted by Gasteiger charge is 2.21. The predicted octanol–water partition coefficient (Wildman–Crippen LogP) is 4.49. The fourth-order valence-electron chi connectivity index (χ4n) is 3.37. The van der Waals surface area contributed by atoms with Gasteiger partial charge in [-0.15, -0.1) is 5.10 Å². The van der Waals surface area contributed by atoms with E-state index in [9.17, 15) is 0 Å². The monoisotopic (exact) mass is 378 g/mol. The van der Waals surface area contributed by atoms with E-state index in [0.29, 0.717) is 5.82 Å². The van der Waals surface area contributed by atoms with Gasteiger partial charge in [0.05, 0.1) is 28.8 Å². The molecule has 0 bridgehead atoms. The lowest BCUT2D eigenvalue weighted by atomic mass is 10.1. The maximum absolute atomic E-state index is 4.68. The number of benzene rings is 3. The van der Waals surface area contributed by atoms with Crippen LogP contribution in [0.1, 0.15) is 5.56 Å². The van der Waals surface area contributed by atoms with Crippen LogP contribution in [-0.4, -0.2) is 30.0 Å². The van der Waals surface area contributed by atoms with E-state index in [-0.39, 0.29) is 0 Å². The molecule has 0 amide bonds. The van der Waals surface area contributed by atoms with Gasteiger partial charge >= 0.3 is 0 Å². The van der Waals surface area contributed by atoms with Crippen molar-refractivity contribution in [3.8, 4) is 34.0 Å². The first-order chi connectivity index (χ1) is 14.3. The second-order valence-electron chi connectivity index (χ2n) is 6.77. The molecule has 2 heterocycles. The van der Waals surface area contributed by atoms with Gasteiger partial charge in [-0.2, -0.15) is 9.78 Å². The number of aromatic nitrogens is 6. The lowest BCUT2D eigenvalue weighted by molar-refractivity contribution is 0.791. The molecule has 5 aromatic rings. The number of hydrogen-bond acceptors (Lipinski definition) is 4. The summed E-state index contributed by atoms with van der Waals surface area (Å²) in [4.78, 5) is 0. The van der Waals surface area contributed by atoms with Crippen molar-refractivity contribution < 1.29 is 0 Å². The SMILES string of the molecule is Cc1ccc(-n2nnnc2-c2cnn(-c3ccccc3)c2-c2ccccc2)cc1. The van der Waals surface area contributed by atoms with Crippen LogP contribution in [0.3, 0.4) is 0 Å². The van der Waals surface area contributed by atoms with Crippen LogP contribution in [0.5, 0.6) is 0 Å². The van der Waals surface area contributed by atoms with E-state index in [1.807, 2.05) is 83.7 Å². The van der Waals surface area contributed by atoms with Crippen molar-refractivity contribution in [2.75, 3.05) is 0 Å². The summed E-state index contributed by atoms with van der Waals surface area (Å²) in [6, 6.07) is 28.4. The van der Waals surface area contributed by atoms with Gasteiger partial charge in [0.1, 0.15) is 0 Å². The molecular formula is C23H18N6. The summed E-state index contributed by atoms with van der Waals surface area (Å²) >= 11 is 0. The first-order valence-electron chi connectivity index (χ1n) is 9.36. The third kappa shape index (κ3) is 3.10. The molecular weight excluding hydrogens is 360 g/mol. The number of hydrogen-bond donors (Lipinski definition) is 0. The fourth-order valence-corrected chi connectivity index (χ4v) is 3.37. The van der Waals surface area contributed by atoms with Crippen molar-refractivity contribution in [3.05, 3.63) is 96.7 Å². The second kappa shape index (κ2) is 7.16. The Bertz CT molecular complexity index is 1240. The molecule has 3 aromatic carbocycles. The Kier molecular flexibility index (Phi) is 4.22. The molecule has 0 atom stereocenters. The highest BCUT2D eigenvalue weighted by molar-refractivity contribution is 5.79. The van der Waals surface area contributed by atoms with E-state index in [1.54, 1.807) is 4.68 Å². The smallest absolute Gasteiger partial charge is 0.190 e. The van der Waals surface area contributed by atoms with E-state index >= 15 is 0 Å². The summed E-state index contributed by atoms with van der Waals surface area (Å²) in [6.45, 7) is 2.06. The van der Waals surface area contributed by atoms with Crippen molar-refractivity contribution in [3.63, 3.8) is 0 Å². The minimum absolute atomic E-state index is 0.648. The van der Waals surface area contributed by atoms with Crippen molar-refractivity contribution >= 4 is 0 Å². The van der Waals surface area contributed by atoms with E-state index in [1.165, 1.54) is 5.56 Å². The molecule has 0 aliphatic rings. The summed E-state index contributed by atoms with van der Waals surface area (Å²) in [5.74, 6) is 0.648. The Labute approximate surface area is 168 Å². The lowest BCUT2D eigenvalue weighted by Gasteiger charge is -2.10. The molecule has 5 rings (SSSR count). The van der Waals surface area contributed by atoms with Crippen LogP contribution in [0.2, 0.25) is 0 Å². The van der Waals surface area contributed by atoms with Gasteiger partial charge in [0, 0.05) is 5.56 Å². The van der Waals surface area contributed by atoms with Crippen LogP contribution < -0.4 is 0 Å². The summed E-state index contributed by atoms with van der Waals surface area (Å²) in [6.07, 6.45) is 1.83. The Morgan fingerprint density at radius 1 is 0.690 bits per heavy atom. The molecule has 0 radical (unpaired) electrons. The van der Waals surface area contributed by atoms with Gasteiger partial charge < -0.3 is 0 Å². The maximum Gasteiger partial charge on any atom is 0.190 e. The molecule has 2 aromatic heterocycles. The number of tetrazole rings is 1. The number of nitrogens with zero attached hydrogens (tertiary/aromatic N) is 6. The first-order valence-corrected chi connectivity index (χ1v) is 9.36. The molecule has 140 valence electrons. The molecule has 0 aliphatic heterocycles. The quantitative estimate of drug-likeness (QED) is 0.462. The van der Waals surface area contributed by atoms with Gasteiger partial charge in [0.25, 0.3) is 0 Å². The summed E-state index contributed by atoms with van der Waals surface area (Å²) in [5.41, 5.74) is 5.92. The molecule has 0 fully saturated rings. The van der Waals surface area contributed by atoms with Crippen molar-refractivity contribution in [2.24, 2.45) is 0 Å². The minimum Gasteiger partial charge on any atom is -0.232 e. The molecule has 0 unspecified atom stereocenters. The second-order valence-corrected chi connectivity index (χ2v) is 6.77. The van der Waals surface area contributed by atoms with Gasteiger partial charge in [-0.1, -0.05) is 66.2 Å². The summed E-state index contributed by atoms with van der Waals surface area (Å²) in [7, 11) is 0. The third-order valence-corrected chi connectivity index (χ3v) is 4.81. The average Bonchev–Trinajstić information content (AvgIpc) is 3.42. The van der Waals surface area contributed by atoms with E-state index in [4.69, 9.17) is 0 Å². The van der Waals surface area contributed by atoms with Gasteiger partial charge in [0.2, 0.25) is 0 Å². The Balaban J connectivity index is 1.73. The van der Waals surface area contributed by atoms with Crippen LogP contribution in [0.15, 0.2) is 91.1 Å².